The number of ether oxygens (including phenoxy) is 1. The van der Waals surface area contributed by atoms with Crippen LogP contribution in [0.5, 0.6) is 5.75 Å². The number of carbonyl (C=O) groups excluding carboxylic acids is 2. The SMILES string of the molecule is CCN(CC(=O)Nc1cccc(OC)c1)C(=O)/C=C/c1ccc(C)o1. The van der Waals surface area contributed by atoms with Gasteiger partial charge in [-0.2, -0.15) is 0 Å². The number of anilines is 1. The lowest BCUT2D eigenvalue weighted by Gasteiger charge is -2.18. The van der Waals surface area contributed by atoms with E-state index in [4.69, 9.17) is 9.15 Å². The number of amides is 2. The number of nitrogens with zero attached hydrogens (tertiary/aromatic N) is 1. The first-order valence-corrected chi connectivity index (χ1v) is 7.99. The lowest BCUT2D eigenvalue weighted by molar-refractivity contribution is -0.130. The Morgan fingerprint density at radius 3 is 2.72 bits per heavy atom. The number of hydrogen-bond donors (Lipinski definition) is 1. The van der Waals surface area contributed by atoms with Gasteiger partial charge in [-0.15, -0.1) is 0 Å². The first kappa shape index (κ1) is 18.3. The summed E-state index contributed by atoms with van der Waals surface area (Å²) in [6.45, 7) is 4.04. The van der Waals surface area contributed by atoms with Gasteiger partial charge in [0.1, 0.15) is 23.8 Å². The molecule has 0 aliphatic rings. The molecule has 0 saturated heterocycles. The fraction of sp³-hybridized carbons (Fsp3) is 0.263. The average Bonchev–Trinajstić information content (AvgIpc) is 3.03. The molecule has 0 spiro atoms. The number of furan rings is 1. The Morgan fingerprint density at radius 2 is 2.08 bits per heavy atom. The van der Waals surface area contributed by atoms with E-state index >= 15 is 0 Å². The molecule has 0 aliphatic heterocycles. The fourth-order valence-corrected chi connectivity index (χ4v) is 2.22. The summed E-state index contributed by atoms with van der Waals surface area (Å²) in [5.41, 5.74) is 0.620. The van der Waals surface area contributed by atoms with E-state index in [1.807, 2.05) is 19.9 Å². The molecule has 0 aliphatic carbocycles. The predicted molar refractivity (Wildman–Crippen MR) is 96.4 cm³/mol. The van der Waals surface area contributed by atoms with E-state index in [1.54, 1.807) is 43.5 Å². The van der Waals surface area contributed by atoms with E-state index in [2.05, 4.69) is 5.32 Å². The average molecular weight is 342 g/mol. The molecule has 6 heteroatoms. The van der Waals surface area contributed by atoms with Gasteiger partial charge in [0.25, 0.3) is 0 Å². The van der Waals surface area contributed by atoms with Crippen molar-refractivity contribution in [1.82, 2.24) is 4.90 Å². The summed E-state index contributed by atoms with van der Waals surface area (Å²) in [6.07, 6.45) is 3.00. The first-order valence-electron chi connectivity index (χ1n) is 7.99. The van der Waals surface area contributed by atoms with Gasteiger partial charge in [-0.25, -0.2) is 0 Å². The Kier molecular flexibility index (Phi) is 6.39. The molecule has 0 unspecified atom stereocenters. The van der Waals surface area contributed by atoms with Gasteiger partial charge >= 0.3 is 0 Å². The molecule has 0 saturated carbocycles. The smallest absolute Gasteiger partial charge is 0.247 e. The van der Waals surface area contributed by atoms with Crippen molar-refractivity contribution >= 4 is 23.6 Å². The highest BCUT2D eigenvalue weighted by Gasteiger charge is 2.13. The molecule has 2 rings (SSSR count). The molecule has 0 fully saturated rings. The van der Waals surface area contributed by atoms with Crippen LogP contribution in [0.15, 0.2) is 46.9 Å². The van der Waals surface area contributed by atoms with Crippen LogP contribution in [0.2, 0.25) is 0 Å². The Bertz CT molecular complexity index is 764. The Hall–Kier alpha value is -3.02. The third-order valence-corrected chi connectivity index (χ3v) is 3.53. The van der Waals surface area contributed by atoms with Crippen LogP contribution in [0.3, 0.4) is 0 Å². The third-order valence-electron chi connectivity index (χ3n) is 3.53. The van der Waals surface area contributed by atoms with Gasteiger partial charge in [-0.1, -0.05) is 6.07 Å². The Labute approximate surface area is 147 Å². The Morgan fingerprint density at radius 1 is 1.28 bits per heavy atom. The first-order chi connectivity index (χ1) is 12.0. The molecule has 0 bridgehead atoms. The number of aryl methyl sites for hydroxylation is 1. The fourth-order valence-electron chi connectivity index (χ4n) is 2.22. The number of carbonyl (C=O) groups is 2. The largest absolute Gasteiger partial charge is 0.497 e. The summed E-state index contributed by atoms with van der Waals surface area (Å²) in [6, 6.07) is 10.7. The topological polar surface area (TPSA) is 71.8 Å². The molecule has 1 N–H and O–H groups in total. The summed E-state index contributed by atoms with van der Waals surface area (Å²) < 4.78 is 10.5. The molecule has 6 nitrogen and oxygen atoms in total. The number of benzene rings is 1. The maximum atomic E-state index is 12.2. The molecule has 0 radical (unpaired) electrons. The monoisotopic (exact) mass is 342 g/mol. The van der Waals surface area contributed by atoms with Gasteiger partial charge in [0.2, 0.25) is 11.8 Å². The number of nitrogens with one attached hydrogen (secondary N) is 1. The third kappa shape index (κ3) is 5.53. The van der Waals surface area contributed by atoms with Gasteiger partial charge in [0.15, 0.2) is 0 Å². The van der Waals surface area contributed by atoms with Crippen molar-refractivity contribution in [2.75, 3.05) is 25.5 Å². The molecule has 132 valence electrons. The van der Waals surface area contributed by atoms with Crippen molar-refractivity contribution in [3.05, 3.63) is 54.0 Å². The van der Waals surface area contributed by atoms with E-state index < -0.39 is 0 Å². The second-order valence-electron chi connectivity index (χ2n) is 5.41. The van der Waals surface area contributed by atoms with E-state index in [1.165, 1.54) is 11.0 Å². The number of likely N-dealkylation sites (N-methyl/N-ethyl adjacent to an activating group) is 1. The molecule has 2 aromatic rings. The highest BCUT2D eigenvalue weighted by Crippen LogP contribution is 2.16. The molecule has 1 aromatic carbocycles. The van der Waals surface area contributed by atoms with Crippen LogP contribution in [-0.4, -0.2) is 36.9 Å². The summed E-state index contributed by atoms with van der Waals surface area (Å²) in [4.78, 5) is 25.9. The van der Waals surface area contributed by atoms with Crippen LogP contribution in [0.1, 0.15) is 18.4 Å². The molecule has 1 aromatic heterocycles. The zero-order chi connectivity index (χ0) is 18.2. The molecule has 1 heterocycles. The lowest BCUT2D eigenvalue weighted by atomic mass is 10.3. The van der Waals surface area contributed by atoms with Gasteiger partial charge < -0.3 is 19.4 Å². The van der Waals surface area contributed by atoms with Crippen LogP contribution < -0.4 is 10.1 Å². The summed E-state index contributed by atoms with van der Waals surface area (Å²) in [5.74, 6) is 1.50. The maximum Gasteiger partial charge on any atom is 0.247 e. The van der Waals surface area contributed by atoms with Crippen molar-refractivity contribution < 1.29 is 18.7 Å². The predicted octanol–water partition coefficient (Wildman–Crippen LogP) is 3.10. The van der Waals surface area contributed by atoms with E-state index in [0.29, 0.717) is 23.7 Å². The Balaban J connectivity index is 1.94. The van der Waals surface area contributed by atoms with Crippen LogP contribution in [-0.2, 0) is 9.59 Å². The molecule has 0 atom stereocenters. The summed E-state index contributed by atoms with van der Waals surface area (Å²) in [5, 5.41) is 2.76. The second-order valence-corrected chi connectivity index (χ2v) is 5.41. The maximum absolute atomic E-state index is 12.2. The van der Waals surface area contributed by atoms with Crippen LogP contribution in [0.25, 0.3) is 6.08 Å². The van der Waals surface area contributed by atoms with E-state index in [0.717, 1.165) is 5.76 Å². The van der Waals surface area contributed by atoms with Gasteiger partial charge in [0, 0.05) is 24.4 Å². The van der Waals surface area contributed by atoms with Gasteiger partial charge in [0.05, 0.1) is 7.11 Å². The van der Waals surface area contributed by atoms with Crippen LogP contribution in [0, 0.1) is 6.92 Å². The normalized spacial score (nSPS) is 10.7. The van der Waals surface area contributed by atoms with Crippen molar-refractivity contribution in [2.24, 2.45) is 0 Å². The van der Waals surface area contributed by atoms with Crippen molar-refractivity contribution in [3.63, 3.8) is 0 Å². The minimum Gasteiger partial charge on any atom is -0.497 e. The number of hydrogen-bond acceptors (Lipinski definition) is 4. The van der Waals surface area contributed by atoms with Gasteiger partial charge in [-0.3, -0.25) is 9.59 Å². The lowest BCUT2D eigenvalue weighted by Crippen LogP contribution is -2.36. The minimum atomic E-state index is -0.273. The van der Waals surface area contributed by atoms with Gasteiger partial charge in [-0.05, 0) is 44.2 Å². The summed E-state index contributed by atoms with van der Waals surface area (Å²) in [7, 11) is 1.56. The molecular formula is C19H22N2O4. The number of rotatable bonds is 7. The molecule has 25 heavy (non-hydrogen) atoms. The molecular weight excluding hydrogens is 320 g/mol. The second kappa shape index (κ2) is 8.73. The van der Waals surface area contributed by atoms with Crippen molar-refractivity contribution in [3.8, 4) is 5.75 Å². The standard InChI is InChI=1S/C19H22N2O4/c1-4-21(19(23)11-10-16-9-8-14(2)25-16)13-18(22)20-15-6-5-7-17(12-15)24-3/h5-12H,4,13H2,1-3H3,(H,20,22)/b11-10+. The quantitative estimate of drug-likeness (QED) is 0.785. The molecule has 2 amide bonds. The van der Waals surface area contributed by atoms with Crippen LogP contribution >= 0.6 is 0 Å². The minimum absolute atomic E-state index is 0.0337. The van der Waals surface area contributed by atoms with E-state index in [9.17, 15) is 9.59 Å². The zero-order valence-corrected chi connectivity index (χ0v) is 14.6. The highest BCUT2D eigenvalue weighted by molar-refractivity contribution is 5.98. The van der Waals surface area contributed by atoms with Crippen molar-refractivity contribution in [1.29, 1.82) is 0 Å². The van der Waals surface area contributed by atoms with E-state index in [-0.39, 0.29) is 18.4 Å². The summed E-state index contributed by atoms with van der Waals surface area (Å²) >= 11 is 0. The van der Waals surface area contributed by atoms with Crippen molar-refractivity contribution in [2.45, 2.75) is 13.8 Å². The van der Waals surface area contributed by atoms with Crippen LogP contribution in [0.4, 0.5) is 5.69 Å². The highest BCUT2D eigenvalue weighted by atomic mass is 16.5. The zero-order valence-electron chi connectivity index (χ0n) is 14.6. The number of methoxy groups -OCH3 is 1.